The number of carbonyl (C=O) groups excluding carboxylic acids is 1. The van der Waals surface area contributed by atoms with Crippen LogP contribution in [-0.2, 0) is 11.8 Å². The van der Waals surface area contributed by atoms with E-state index in [4.69, 9.17) is 0 Å². The topological polar surface area (TPSA) is 117 Å². The Balaban J connectivity index is 1.71. The number of halogens is 1. The minimum atomic E-state index is -1.12. The highest BCUT2D eigenvalue weighted by Gasteiger charge is 2.17. The van der Waals surface area contributed by atoms with Gasteiger partial charge in [-0.1, -0.05) is 39.8 Å². The molecule has 1 aromatic heterocycles. The zero-order valence-electron chi connectivity index (χ0n) is 14.6. The maximum Gasteiger partial charge on any atom is 0.337 e. The van der Waals surface area contributed by atoms with Crippen molar-refractivity contribution < 1.29 is 19.8 Å². The van der Waals surface area contributed by atoms with E-state index in [1.54, 1.807) is 41.9 Å². The van der Waals surface area contributed by atoms with Crippen molar-refractivity contribution in [3.05, 3.63) is 52.5 Å². The Morgan fingerprint density at radius 1 is 1.21 bits per heavy atom. The van der Waals surface area contributed by atoms with Gasteiger partial charge in [0, 0.05) is 11.5 Å². The average Bonchev–Trinajstić information content (AvgIpc) is 3.02. The van der Waals surface area contributed by atoms with Gasteiger partial charge in [-0.05, 0) is 30.3 Å². The maximum atomic E-state index is 12.2. The van der Waals surface area contributed by atoms with E-state index in [1.807, 2.05) is 0 Å². The van der Waals surface area contributed by atoms with Gasteiger partial charge in [-0.25, -0.2) is 4.79 Å². The number of carboxylic acid groups (broad SMARTS) is 1. The Bertz CT molecular complexity index is 1050. The second-order valence-electron chi connectivity index (χ2n) is 5.71. The lowest BCUT2D eigenvalue weighted by Gasteiger charge is -2.08. The predicted molar refractivity (Wildman–Crippen MR) is 109 cm³/mol. The molecule has 0 bridgehead atoms. The van der Waals surface area contributed by atoms with Gasteiger partial charge in [0.25, 0.3) is 0 Å². The van der Waals surface area contributed by atoms with Crippen LogP contribution in [0, 0.1) is 0 Å². The third-order valence-corrected chi connectivity index (χ3v) is 5.31. The van der Waals surface area contributed by atoms with Crippen molar-refractivity contribution in [2.24, 2.45) is 7.05 Å². The number of phenolic OH excluding ortho intramolecular Hbond substituents is 1. The van der Waals surface area contributed by atoms with E-state index in [0.29, 0.717) is 16.5 Å². The number of rotatable bonds is 6. The van der Waals surface area contributed by atoms with Crippen molar-refractivity contribution >= 4 is 45.3 Å². The Labute approximate surface area is 172 Å². The van der Waals surface area contributed by atoms with Crippen LogP contribution in [0.4, 0.5) is 5.69 Å². The fourth-order valence-corrected chi connectivity index (χ4v) is 3.53. The van der Waals surface area contributed by atoms with Gasteiger partial charge in [-0.2, -0.15) is 0 Å². The number of aromatic nitrogens is 3. The Morgan fingerprint density at radius 3 is 2.71 bits per heavy atom. The average molecular weight is 463 g/mol. The van der Waals surface area contributed by atoms with Gasteiger partial charge in [-0.15, -0.1) is 10.2 Å². The van der Waals surface area contributed by atoms with E-state index in [9.17, 15) is 19.8 Å². The van der Waals surface area contributed by atoms with Crippen molar-refractivity contribution in [2.45, 2.75) is 5.16 Å². The Kier molecular flexibility index (Phi) is 6.00. The van der Waals surface area contributed by atoms with Gasteiger partial charge in [0.15, 0.2) is 11.0 Å². The molecule has 1 heterocycles. The Morgan fingerprint density at radius 2 is 1.96 bits per heavy atom. The van der Waals surface area contributed by atoms with Crippen LogP contribution in [0.5, 0.6) is 5.75 Å². The fraction of sp³-hybridized carbons (Fsp3) is 0.111. The summed E-state index contributed by atoms with van der Waals surface area (Å²) in [6.07, 6.45) is 0. The number of aromatic hydroxyl groups is 1. The summed E-state index contributed by atoms with van der Waals surface area (Å²) in [5.41, 5.74) is 0.765. The summed E-state index contributed by atoms with van der Waals surface area (Å²) in [5.74, 6) is -0.940. The lowest BCUT2D eigenvalue weighted by molar-refractivity contribution is -0.113. The number of carboxylic acids is 1. The van der Waals surface area contributed by atoms with Crippen LogP contribution in [-0.4, -0.2) is 42.6 Å². The minimum Gasteiger partial charge on any atom is -0.507 e. The number of para-hydroxylation sites is 1. The molecule has 144 valence electrons. The molecule has 3 aromatic rings. The van der Waals surface area contributed by atoms with Gasteiger partial charge >= 0.3 is 5.97 Å². The standard InChI is InChI=1S/C18H15BrN4O4S/c1-23-16(12-8-10(19)6-7-14(12)24)21-22-18(23)28-9-15(25)20-13-5-3-2-4-11(13)17(26)27/h2-8,24H,9H2,1H3,(H,20,25)(H,26,27). The van der Waals surface area contributed by atoms with Crippen LogP contribution < -0.4 is 5.32 Å². The number of nitrogens with zero attached hydrogens (tertiary/aromatic N) is 3. The molecular formula is C18H15BrN4O4S. The first-order chi connectivity index (χ1) is 13.4. The molecule has 0 saturated heterocycles. The first-order valence-electron chi connectivity index (χ1n) is 8.00. The van der Waals surface area contributed by atoms with Crippen molar-refractivity contribution in [3.8, 4) is 17.1 Å². The SMILES string of the molecule is Cn1c(SCC(=O)Nc2ccccc2C(=O)O)nnc1-c1cc(Br)ccc1O. The summed E-state index contributed by atoms with van der Waals surface area (Å²) in [4.78, 5) is 23.4. The first kappa shape index (κ1) is 19.9. The third-order valence-electron chi connectivity index (χ3n) is 3.80. The summed E-state index contributed by atoms with van der Waals surface area (Å²) in [6, 6.07) is 11.2. The highest BCUT2D eigenvalue weighted by Crippen LogP contribution is 2.32. The van der Waals surface area contributed by atoms with Crippen LogP contribution in [0.2, 0.25) is 0 Å². The molecule has 28 heavy (non-hydrogen) atoms. The molecule has 0 saturated carbocycles. The van der Waals surface area contributed by atoms with Crippen molar-refractivity contribution in [2.75, 3.05) is 11.1 Å². The molecule has 8 nitrogen and oxygen atoms in total. The number of aromatic carboxylic acids is 1. The van der Waals surface area contributed by atoms with E-state index in [0.717, 1.165) is 16.2 Å². The minimum absolute atomic E-state index is 0.0182. The molecule has 10 heteroatoms. The molecule has 0 aliphatic rings. The zero-order valence-corrected chi connectivity index (χ0v) is 17.0. The zero-order chi connectivity index (χ0) is 20.3. The molecule has 0 unspecified atom stereocenters. The van der Waals surface area contributed by atoms with E-state index < -0.39 is 5.97 Å². The van der Waals surface area contributed by atoms with Crippen molar-refractivity contribution in [3.63, 3.8) is 0 Å². The van der Waals surface area contributed by atoms with Crippen molar-refractivity contribution in [1.29, 1.82) is 0 Å². The van der Waals surface area contributed by atoms with Gasteiger partial charge in [0.05, 0.1) is 22.6 Å². The lowest BCUT2D eigenvalue weighted by Crippen LogP contribution is -2.16. The van der Waals surface area contributed by atoms with Crippen LogP contribution in [0.1, 0.15) is 10.4 Å². The summed E-state index contributed by atoms with van der Waals surface area (Å²) < 4.78 is 2.46. The summed E-state index contributed by atoms with van der Waals surface area (Å²) in [5, 5.41) is 30.5. The Hall–Kier alpha value is -2.85. The third kappa shape index (κ3) is 4.34. The lowest BCUT2D eigenvalue weighted by atomic mass is 10.2. The molecule has 0 aliphatic carbocycles. The molecule has 2 aromatic carbocycles. The summed E-state index contributed by atoms with van der Waals surface area (Å²) >= 11 is 4.50. The first-order valence-corrected chi connectivity index (χ1v) is 9.78. The number of carbonyl (C=O) groups is 2. The van der Waals surface area contributed by atoms with E-state index in [-0.39, 0.29) is 28.7 Å². The van der Waals surface area contributed by atoms with Crippen LogP contribution >= 0.6 is 27.7 Å². The quantitative estimate of drug-likeness (QED) is 0.480. The molecule has 0 aliphatic heterocycles. The van der Waals surface area contributed by atoms with E-state index in [2.05, 4.69) is 31.4 Å². The number of nitrogens with one attached hydrogen (secondary N) is 1. The molecule has 1 amide bonds. The molecule has 0 radical (unpaired) electrons. The highest BCUT2D eigenvalue weighted by molar-refractivity contribution is 9.10. The molecule has 3 N–H and O–H groups in total. The fourth-order valence-electron chi connectivity index (χ4n) is 2.46. The number of hydrogen-bond acceptors (Lipinski definition) is 6. The second-order valence-corrected chi connectivity index (χ2v) is 7.57. The normalized spacial score (nSPS) is 10.6. The molecule has 0 spiro atoms. The number of thioether (sulfide) groups is 1. The van der Waals surface area contributed by atoms with Gasteiger partial charge < -0.3 is 20.1 Å². The number of benzene rings is 2. The number of phenols is 1. The predicted octanol–water partition coefficient (Wildman–Crippen LogP) is 3.38. The largest absolute Gasteiger partial charge is 0.507 e. The summed E-state index contributed by atoms with van der Waals surface area (Å²) in [7, 11) is 1.73. The highest BCUT2D eigenvalue weighted by atomic mass is 79.9. The number of anilines is 1. The van der Waals surface area contributed by atoms with Gasteiger partial charge in [0.1, 0.15) is 5.75 Å². The van der Waals surface area contributed by atoms with Crippen LogP contribution in [0.15, 0.2) is 52.1 Å². The van der Waals surface area contributed by atoms with Crippen LogP contribution in [0.25, 0.3) is 11.4 Å². The van der Waals surface area contributed by atoms with Gasteiger partial charge in [-0.3, -0.25) is 4.79 Å². The smallest absolute Gasteiger partial charge is 0.337 e. The molecular weight excluding hydrogens is 448 g/mol. The molecule has 3 rings (SSSR count). The number of amides is 1. The monoisotopic (exact) mass is 462 g/mol. The number of hydrogen-bond donors (Lipinski definition) is 3. The van der Waals surface area contributed by atoms with Crippen molar-refractivity contribution in [1.82, 2.24) is 14.8 Å². The van der Waals surface area contributed by atoms with Gasteiger partial charge in [0.2, 0.25) is 5.91 Å². The molecule has 0 fully saturated rings. The van der Waals surface area contributed by atoms with E-state index in [1.165, 1.54) is 12.1 Å². The maximum absolute atomic E-state index is 12.2. The molecule has 0 atom stereocenters. The summed E-state index contributed by atoms with van der Waals surface area (Å²) in [6.45, 7) is 0. The second kappa shape index (κ2) is 8.44. The van der Waals surface area contributed by atoms with Crippen LogP contribution in [0.3, 0.4) is 0 Å². The van der Waals surface area contributed by atoms with E-state index >= 15 is 0 Å².